The van der Waals surface area contributed by atoms with Crippen LogP contribution in [0, 0.1) is 30.1 Å². The van der Waals surface area contributed by atoms with Crippen molar-refractivity contribution in [2.24, 2.45) is 23.2 Å². The molecular weight excluding hydrogens is 608 g/mol. The molecule has 8 rings (SSSR count). The van der Waals surface area contributed by atoms with Crippen molar-refractivity contribution >= 4 is 33.9 Å². The standard InChI is InChI=1S/C40H37ClN2O4/c1-22-30-18-25(24-12-14-29(41)15-13-24)10-11-26(30)16-27-17-28-19-32-35(43(3)4)37-31(20-40(32,2)38(45)34(28)36(44)33(22)27)39(42-47-37)46-21-23-8-6-5-7-9-23/h5-16,18,28,32,34-35H,17,19-21H2,1-4H3. The molecule has 4 aromatic carbocycles. The largest absolute Gasteiger partial charge is 0.470 e. The zero-order valence-corrected chi connectivity index (χ0v) is 27.8. The van der Waals surface area contributed by atoms with Crippen molar-refractivity contribution in [1.29, 1.82) is 0 Å². The lowest BCUT2D eigenvalue weighted by atomic mass is 9.50. The van der Waals surface area contributed by atoms with Crippen LogP contribution in [0.4, 0.5) is 0 Å². The number of carbonyl (C=O) groups is 2. The topological polar surface area (TPSA) is 72.6 Å². The highest BCUT2D eigenvalue weighted by atomic mass is 35.5. The lowest BCUT2D eigenvalue weighted by Crippen LogP contribution is -2.58. The smallest absolute Gasteiger partial charge is 0.258 e. The summed E-state index contributed by atoms with van der Waals surface area (Å²) >= 11 is 6.14. The summed E-state index contributed by atoms with van der Waals surface area (Å²) in [6.45, 7) is 4.44. The molecule has 6 nitrogen and oxygen atoms in total. The molecule has 1 saturated carbocycles. The van der Waals surface area contributed by atoms with Crippen molar-refractivity contribution in [1.82, 2.24) is 10.1 Å². The average molecular weight is 645 g/mol. The molecule has 1 heterocycles. The van der Waals surface area contributed by atoms with E-state index in [0.29, 0.717) is 30.4 Å². The molecule has 5 atom stereocenters. The van der Waals surface area contributed by atoms with Crippen molar-refractivity contribution in [3.63, 3.8) is 0 Å². The third-order valence-electron chi connectivity index (χ3n) is 11.1. The number of aromatic nitrogens is 1. The molecule has 0 radical (unpaired) electrons. The Bertz CT molecular complexity index is 2050. The van der Waals surface area contributed by atoms with Crippen LogP contribution in [-0.4, -0.2) is 35.7 Å². The maximum Gasteiger partial charge on any atom is 0.258 e. The number of rotatable bonds is 5. The van der Waals surface area contributed by atoms with E-state index in [4.69, 9.17) is 20.9 Å². The second kappa shape index (κ2) is 11.2. The number of nitrogens with zero attached hydrogens (tertiary/aromatic N) is 2. The van der Waals surface area contributed by atoms with E-state index in [-0.39, 0.29) is 29.4 Å². The van der Waals surface area contributed by atoms with Crippen molar-refractivity contribution in [2.75, 3.05) is 14.1 Å². The van der Waals surface area contributed by atoms with Crippen LogP contribution in [0.5, 0.6) is 5.88 Å². The minimum Gasteiger partial charge on any atom is -0.470 e. The van der Waals surface area contributed by atoms with Crippen LogP contribution < -0.4 is 4.74 Å². The molecule has 0 amide bonds. The summed E-state index contributed by atoms with van der Waals surface area (Å²) in [6, 6.07) is 26.2. The summed E-state index contributed by atoms with van der Waals surface area (Å²) in [5.41, 5.74) is 5.95. The quantitative estimate of drug-likeness (QED) is 0.179. The van der Waals surface area contributed by atoms with Gasteiger partial charge in [0, 0.05) is 16.0 Å². The first-order chi connectivity index (χ1) is 22.6. The first kappa shape index (κ1) is 30.1. The molecule has 0 saturated heterocycles. The van der Waals surface area contributed by atoms with Crippen LogP contribution in [-0.2, 0) is 24.2 Å². The highest BCUT2D eigenvalue weighted by Crippen LogP contribution is 2.59. The van der Waals surface area contributed by atoms with E-state index in [1.165, 1.54) is 0 Å². The number of hydrogen-bond acceptors (Lipinski definition) is 6. The highest BCUT2D eigenvalue weighted by molar-refractivity contribution is 6.30. The molecule has 7 heteroatoms. The Kier molecular flexibility index (Phi) is 7.16. The molecule has 5 unspecified atom stereocenters. The Morgan fingerprint density at radius 1 is 1.00 bits per heavy atom. The zero-order valence-electron chi connectivity index (χ0n) is 27.0. The summed E-state index contributed by atoms with van der Waals surface area (Å²) < 4.78 is 12.2. The van der Waals surface area contributed by atoms with Crippen molar-refractivity contribution < 1.29 is 18.8 Å². The van der Waals surface area contributed by atoms with E-state index in [1.807, 2.05) is 75.6 Å². The van der Waals surface area contributed by atoms with E-state index in [9.17, 15) is 9.59 Å². The predicted octanol–water partition coefficient (Wildman–Crippen LogP) is 8.46. The molecule has 3 aliphatic rings. The number of halogens is 1. The molecule has 5 aromatic rings. The van der Waals surface area contributed by atoms with Gasteiger partial charge in [0.15, 0.2) is 17.3 Å². The third kappa shape index (κ3) is 4.76. The first-order valence-corrected chi connectivity index (χ1v) is 16.7. The van der Waals surface area contributed by atoms with E-state index in [0.717, 1.165) is 61.9 Å². The Balaban J connectivity index is 1.16. The molecule has 0 spiro atoms. The van der Waals surface area contributed by atoms with Gasteiger partial charge in [-0.3, -0.25) is 14.5 Å². The number of fused-ring (bicyclic) bond motifs is 5. The molecule has 0 aliphatic heterocycles. The van der Waals surface area contributed by atoms with Crippen LogP contribution in [0.25, 0.3) is 21.9 Å². The Morgan fingerprint density at radius 2 is 1.74 bits per heavy atom. The second-order valence-corrected chi connectivity index (χ2v) is 14.5. The van der Waals surface area contributed by atoms with Gasteiger partial charge in [0.05, 0.1) is 17.5 Å². The highest BCUT2D eigenvalue weighted by Gasteiger charge is 2.61. The summed E-state index contributed by atoms with van der Waals surface area (Å²) in [5, 5.41) is 7.20. The lowest BCUT2D eigenvalue weighted by Gasteiger charge is -2.53. The fraction of sp³-hybridized carbons (Fsp3) is 0.325. The van der Waals surface area contributed by atoms with Gasteiger partial charge in [-0.2, -0.15) is 0 Å². The summed E-state index contributed by atoms with van der Waals surface area (Å²) in [4.78, 5) is 31.5. The number of ether oxygens (including phenoxy) is 1. The molecule has 1 fully saturated rings. The summed E-state index contributed by atoms with van der Waals surface area (Å²) in [6.07, 6.45) is 1.90. The van der Waals surface area contributed by atoms with Crippen LogP contribution in [0.1, 0.15) is 57.8 Å². The van der Waals surface area contributed by atoms with Gasteiger partial charge in [-0.05, 0) is 114 Å². The molecular formula is C40H37ClN2O4. The molecule has 1 aromatic heterocycles. The zero-order chi connectivity index (χ0) is 32.6. The van der Waals surface area contributed by atoms with Gasteiger partial charge < -0.3 is 9.26 Å². The van der Waals surface area contributed by atoms with Gasteiger partial charge in [0.25, 0.3) is 5.88 Å². The first-order valence-electron chi connectivity index (χ1n) is 16.4. The van der Waals surface area contributed by atoms with Crippen molar-refractivity contribution in [3.8, 4) is 17.0 Å². The fourth-order valence-corrected chi connectivity index (χ4v) is 8.92. The monoisotopic (exact) mass is 644 g/mol. The van der Waals surface area contributed by atoms with Crippen LogP contribution >= 0.6 is 11.6 Å². The van der Waals surface area contributed by atoms with Crippen molar-refractivity contribution in [2.45, 2.75) is 45.8 Å². The van der Waals surface area contributed by atoms with Gasteiger partial charge in [-0.25, -0.2) is 0 Å². The SMILES string of the molecule is Cc1c2c(cc3ccc(-c4ccc(Cl)cc4)cc13)CC1CC3C(N(C)C)c4onc(OCc5ccccc5)c4CC3(C)C(=O)C1C2=O. The van der Waals surface area contributed by atoms with Gasteiger partial charge in [0.1, 0.15) is 6.61 Å². The van der Waals surface area contributed by atoms with Crippen LogP contribution in [0.3, 0.4) is 0 Å². The second-order valence-electron chi connectivity index (χ2n) is 14.1. The third-order valence-corrected chi connectivity index (χ3v) is 11.4. The number of Topliss-reactive ketones (excluding diaryl/α,β-unsaturated/α-hetero) is 2. The Labute approximate surface area is 279 Å². The predicted molar refractivity (Wildman–Crippen MR) is 183 cm³/mol. The Hall–Kier alpha value is -4.26. The van der Waals surface area contributed by atoms with E-state index >= 15 is 0 Å². The fourth-order valence-electron chi connectivity index (χ4n) is 8.80. The number of benzene rings is 4. The average Bonchev–Trinajstić information content (AvgIpc) is 3.45. The van der Waals surface area contributed by atoms with Gasteiger partial charge in [-0.15, -0.1) is 0 Å². The van der Waals surface area contributed by atoms with Crippen LogP contribution in [0.15, 0.2) is 83.4 Å². The van der Waals surface area contributed by atoms with Gasteiger partial charge >= 0.3 is 0 Å². The maximum atomic E-state index is 14.8. The number of hydrogen-bond donors (Lipinski definition) is 0. The van der Waals surface area contributed by atoms with E-state index < -0.39 is 11.3 Å². The Morgan fingerprint density at radius 3 is 2.49 bits per heavy atom. The van der Waals surface area contributed by atoms with Crippen molar-refractivity contribution in [3.05, 3.63) is 117 Å². The normalized spacial score (nSPS) is 24.9. The molecule has 238 valence electrons. The molecule has 0 bridgehead atoms. The van der Waals surface area contributed by atoms with E-state index in [2.05, 4.69) is 41.2 Å². The number of aryl methyl sites for hydroxylation is 1. The van der Waals surface area contributed by atoms with Crippen LogP contribution in [0.2, 0.25) is 5.02 Å². The lowest BCUT2D eigenvalue weighted by molar-refractivity contribution is -0.145. The number of carbonyl (C=O) groups excluding carboxylic acids is 2. The maximum absolute atomic E-state index is 14.8. The summed E-state index contributed by atoms with van der Waals surface area (Å²) in [7, 11) is 4.05. The van der Waals surface area contributed by atoms with Gasteiger partial charge in [-0.1, -0.05) is 79.2 Å². The van der Waals surface area contributed by atoms with Gasteiger partial charge in [0.2, 0.25) is 0 Å². The molecule has 0 N–H and O–H groups in total. The number of ketones is 2. The minimum absolute atomic E-state index is 0.0217. The summed E-state index contributed by atoms with van der Waals surface area (Å²) in [5.74, 6) is 0.458. The minimum atomic E-state index is -0.765. The van der Waals surface area contributed by atoms with E-state index in [1.54, 1.807) is 0 Å². The molecule has 47 heavy (non-hydrogen) atoms. The molecule has 3 aliphatic carbocycles.